The van der Waals surface area contributed by atoms with Gasteiger partial charge in [0.25, 0.3) is 0 Å². The second kappa shape index (κ2) is 4.53. The molecule has 0 bridgehead atoms. The van der Waals surface area contributed by atoms with Gasteiger partial charge in [-0.1, -0.05) is 6.92 Å². The molecule has 2 N–H and O–H groups in total. The van der Waals surface area contributed by atoms with Crippen LogP contribution in [-0.4, -0.2) is 9.78 Å². The van der Waals surface area contributed by atoms with E-state index in [1.165, 1.54) is 0 Å². The van der Waals surface area contributed by atoms with Crippen LogP contribution in [0.15, 0.2) is 29.1 Å². The molecule has 0 radical (unpaired) electrons. The van der Waals surface area contributed by atoms with Crippen LogP contribution >= 0.6 is 0 Å². The summed E-state index contributed by atoms with van der Waals surface area (Å²) in [5, 5.41) is 4.23. The molecule has 2 rings (SSSR count). The molecule has 2 aromatic heterocycles. The fourth-order valence-corrected chi connectivity index (χ4v) is 1.81. The van der Waals surface area contributed by atoms with Crippen molar-refractivity contribution in [1.29, 1.82) is 0 Å². The molecular weight excluding hydrogens is 202 g/mol. The van der Waals surface area contributed by atoms with Crippen molar-refractivity contribution in [3.63, 3.8) is 0 Å². The largest absolute Gasteiger partial charge is 0.469 e. The maximum absolute atomic E-state index is 6.19. The van der Waals surface area contributed by atoms with Gasteiger partial charge in [-0.05, 0) is 13.0 Å². The zero-order chi connectivity index (χ0) is 11.5. The van der Waals surface area contributed by atoms with Gasteiger partial charge in [0.2, 0.25) is 0 Å². The van der Waals surface area contributed by atoms with E-state index in [4.69, 9.17) is 10.2 Å². The van der Waals surface area contributed by atoms with Gasteiger partial charge in [-0.15, -0.1) is 0 Å². The maximum Gasteiger partial charge on any atom is 0.108 e. The molecule has 2 aromatic rings. The fraction of sp³-hybridized carbons (Fsp3) is 0.417. The van der Waals surface area contributed by atoms with Crippen molar-refractivity contribution < 1.29 is 4.42 Å². The summed E-state index contributed by atoms with van der Waals surface area (Å²) < 4.78 is 7.26. The van der Waals surface area contributed by atoms with Gasteiger partial charge in [-0.3, -0.25) is 4.68 Å². The highest BCUT2D eigenvalue weighted by atomic mass is 16.3. The minimum atomic E-state index is -0.144. The Balaban J connectivity index is 2.27. The normalized spacial score (nSPS) is 12.9. The summed E-state index contributed by atoms with van der Waals surface area (Å²) in [6.07, 6.45) is 6.36. The number of rotatable bonds is 4. The van der Waals surface area contributed by atoms with Gasteiger partial charge < -0.3 is 10.2 Å². The fourth-order valence-electron chi connectivity index (χ4n) is 1.81. The second-order valence-electron chi connectivity index (χ2n) is 3.76. The lowest BCUT2D eigenvalue weighted by Gasteiger charge is -2.08. The predicted octanol–water partition coefficient (Wildman–Crippen LogP) is 2.11. The lowest BCUT2D eigenvalue weighted by Crippen LogP contribution is -2.12. The third-order valence-electron chi connectivity index (χ3n) is 2.77. The summed E-state index contributed by atoms with van der Waals surface area (Å²) in [6.45, 7) is 4.97. The molecule has 16 heavy (non-hydrogen) atoms. The summed E-state index contributed by atoms with van der Waals surface area (Å²) in [5.74, 6) is 0.955. The summed E-state index contributed by atoms with van der Waals surface area (Å²) in [5.41, 5.74) is 8.27. The SMILES string of the molecule is CCc1occc1C(N)c1cnn(CC)c1. The first kappa shape index (κ1) is 11.0. The summed E-state index contributed by atoms with van der Waals surface area (Å²) in [6, 6.07) is 1.79. The van der Waals surface area contributed by atoms with E-state index in [9.17, 15) is 0 Å². The van der Waals surface area contributed by atoms with Gasteiger partial charge in [0.05, 0.1) is 18.5 Å². The van der Waals surface area contributed by atoms with E-state index in [1.54, 1.807) is 6.26 Å². The monoisotopic (exact) mass is 219 g/mol. The van der Waals surface area contributed by atoms with Crippen molar-refractivity contribution >= 4 is 0 Å². The Kier molecular flexibility index (Phi) is 3.10. The predicted molar refractivity (Wildman–Crippen MR) is 62.0 cm³/mol. The van der Waals surface area contributed by atoms with E-state index in [2.05, 4.69) is 18.9 Å². The summed E-state index contributed by atoms with van der Waals surface area (Å²) in [4.78, 5) is 0. The smallest absolute Gasteiger partial charge is 0.108 e. The molecule has 0 saturated carbocycles. The first-order valence-corrected chi connectivity index (χ1v) is 5.60. The van der Waals surface area contributed by atoms with Crippen LogP contribution in [-0.2, 0) is 13.0 Å². The van der Waals surface area contributed by atoms with Crippen molar-refractivity contribution in [3.05, 3.63) is 41.6 Å². The van der Waals surface area contributed by atoms with Gasteiger partial charge in [-0.25, -0.2) is 0 Å². The third-order valence-corrected chi connectivity index (χ3v) is 2.77. The Labute approximate surface area is 95.1 Å². The quantitative estimate of drug-likeness (QED) is 0.856. The molecule has 1 unspecified atom stereocenters. The molecule has 2 heterocycles. The average molecular weight is 219 g/mol. The standard InChI is InChI=1S/C12H17N3O/c1-3-11-10(5-6-16-11)12(13)9-7-14-15(4-2)8-9/h5-8,12H,3-4,13H2,1-2H3. The molecule has 86 valence electrons. The summed E-state index contributed by atoms with van der Waals surface area (Å²) >= 11 is 0. The Morgan fingerprint density at radius 2 is 2.31 bits per heavy atom. The van der Waals surface area contributed by atoms with Crippen LogP contribution in [0.5, 0.6) is 0 Å². The molecular formula is C12H17N3O. The highest BCUT2D eigenvalue weighted by Crippen LogP contribution is 2.23. The molecule has 1 atom stereocenters. The van der Waals surface area contributed by atoms with Gasteiger partial charge >= 0.3 is 0 Å². The van der Waals surface area contributed by atoms with Crippen molar-refractivity contribution in [2.45, 2.75) is 32.9 Å². The lowest BCUT2D eigenvalue weighted by molar-refractivity contribution is 0.509. The average Bonchev–Trinajstić information content (AvgIpc) is 2.96. The number of hydrogen-bond acceptors (Lipinski definition) is 3. The van der Waals surface area contributed by atoms with E-state index in [1.807, 2.05) is 23.1 Å². The van der Waals surface area contributed by atoms with Crippen molar-refractivity contribution in [2.75, 3.05) is 0 Å². The Hall–Kier alpha value is -1.55. The Morgan fingerprint density at radius 1 is 1.50 bits per heavy atom. The lowest BCUT2D eigenvalue weighted by atomic mass is 10.0. The first-order valence-electron chi connectivity index (χ1n) is 5.60. The number of aryl methyl sites for hydroxylation is 2. The maximum atomic E-state index is 6.19. The van der Waals surface area contributed by atoms with Gasteiger partial charge in [0.15, 0.2) is 0 Å². The van der Waals surface area contributed by atoms with Crippen LogP contribution in [0.25, 0.3) is 0 Å². The molecule has 0 aliphatic heterocycles. The number of hydrogen-bond donors (Lipinski definition) is 1. The summed E-state index contributed by atoms with van der Waals surface area (Å²) in [7, 11) is 0. The molecule has 0 aliphatic rings. The molecule has 4 nitrogen and oxygen atoms in total. The van der Waals surface area contributed by atoms with Gasteiger partial charge in [-0.2, -0.15) is 5.10 Å². The van der Waals surface area contributed by atoms with Gasteiger partial charge in [0, 0.05) is 30.3 Å². The highest BCUT2D eigenvalue weighted by molar-refractivity contribution is 5.30. The van der Waals surface area contributed by atoms with E-state index in [-0.39, 0.29) is 6.04 Å². The zero-order valence-electron chi connectivity index (χ0n) is 9.68. The topological polar surface area (TPSA) is 57.0 Å². The molecule has 0 spiro atoms. The Bertz CT molecular complexity index is 458. The van der Waals surface area contributed by atoms with Crippen molar-refractivity contribution in [2.24, 2.45) is 5.73 Å². The number of nitrogens with two attached hydrogens (primary N) is 1. The van der Waals surface area contributed by atoms with Crippen LogP contribution in [0.3, 0.4) is 0 Å². The van der Waals surface area contributed by atoms with Crippen molar-refractivity contribution in [1.82, 2.24) is 9.78 Å². The molecule has 0 fully saturated rings. The van der Waals surface area contributed by atoms with E-state index in [0.717, 1.165) is 29.9 Å². The molecule has 4 heteroatoms. The molecule has 0 saturated heterocycles. The van der Waals surface area contributed by atoms with E-state index < -0.39 is 0 Å². The zero-order valence-corrected chi connectivity index (χ0v) is 9.68. The number of nitrogens with zero attached hydrogens (tertiary/aromatic N) is 2. The number of furan rings is 1. The second-order valence-corrected chi connectivity index (χ2v) is 3.76. The minimum absolute atomic E-state index is 0.144. The van der Waals surface area contributed by atoms with Gasteiger partial charge in [0.1, 0.15) is 5.76 Å². The minimum Gasteiger partial charge on any atom is -0.469 e. The van der Waals surface area contributed by atoms with Crippen LogP contribution < -0.4 is 5.73 Å². The van der Waals surface area contributed by atoms with Crippen molar-refractivity contribution in [3.8, 4) is 0 Å². The van der Waals surface area contributed by atoms with E-state index >= 15 is 0 Å². The first-order chi connectivity index (χ1) is 7.76. The van der Waals surface area contributed by atoms with Crippen LogP contribution in [0.4, 0.5) is 0 Å². The number of aromatic nitrogens is 2. The van der Waals surface area contributed by atoms with Crippen LogP contribution in [0.1, 0.15) is 36.8 Å². The third kappa shape index (κ3) is 1.88. The molecule has 0 aromatic carbocycles. The highest BCUT2D eigenvalue weighted by Gasteiger charge is 2.16. The van der Waals surface area contributed by atoms with Crippen LogP contribution in [0.2, 0.25) is 0 Å². The molecule has 0 amide bonds. The van der Waals surface area contributed by atoms with Crippen LogP contribution in [0, 0.1) is 0 Å². The Morgan fingerprint density at radius 3 is 2.94 bits per heavy atom. The van der Waals surface area contributed by atoms with E-state index in [0.29, 0.717) is 0 Å². The molecule has 0 aliphatic carbocycles.